The van der Waals surface area contributed by atoms with Crippen LogP contribution < -0.4 is 5.73 Å². The van der Waals surface area contributed by atoms with Crippen molar-refractivity contribution in [2.75, 3.05) is 6.54 Å². The molecule has 1 saturated carbocycles. The van der Waals surface area contributed by atoms with Crippen LogP contribution in [0.3, 0.4) is 0 Å². The van der Waals surface area contributed by atoms with E-state index in [-0.39, 0.29) is 5.41 Å². The fourth-order valence-corrected chi connectivity index (χ4v) is 2.95. The number of Topliss-reactive ketones (excluding diaryl/α,β-unsaturated/α-hetero) is 1. The van der Waals surface area contributed by atoms with E-state index in [4.69, 9.17) is 5.73 Å². The molecule has 3 heteroatoms. The summed E-state index contributed by atoms with van der Waals surface area (Å²) in [4.78, 5) is 13.0. The number of carbonyl (C=O) groups excluding carboxylic acids is 1. The summed E-state index contributed by atoms with van der Waals surface area (Å²) in [6.07, 6.45) is 4.80. The van der Waals surface area contributed by atoms with E-state index < -0.39 is 0 Å². The SMILES string of the molecule is NCC1(CC(=O)Cc2cccs2)CCC1. The third-order valence-electron chi connectivity index (χ3n) is 3.37. The zero-order valence-electron chi connectivity index (χ0n) is 8.87. The largest absolute Gasteiger partial charge is 0.330 e. The van der Waals surface area contributed by atoms with Gasteiger partial charge in [-0.15, -0.1) is 11.3 Å². The van der Waals surface area contributed by atoms with E-state index >= 15 is 0 Å². The second-order valence-corrected chi connectivity index (χ2v) is 5.56. The third kappa shape index (κ3) is 2.47. The number of hydrogen-bond acceptors (Lipinski definition) is 3. The molecule has 0 bridgehead atoms. The van der Waals surface area contributed by atoms with Crippen molar-refractivity contribution in [2.45, 2.75) is 32.1 Å². The molecule has 1 aliphatic carbocycles. The standard InChI is InChI=1S/C12H17NOS/c13-9-12(4-2-5-12)8-10(14)7-11-3-1-6-15-11/h1,3,6H,2,4-5,7-9,13H2. The fourth-order valence-electron chi connectivity index (χ4n) is 2.22. The van der Waals surface area contributed by atoms with E-state index in [0.717, 1.165) is 12.8 Å². The lowest BCUT2D eigenvalue weighted by Gasteiger charge is -2.40. The van der Waals surface area contributed by atoms with E-state index in [1.807, 2.05) is 17.5 Å². The van der Waals surface area contributed by atoms with Gasteiger partial charge in [0.15, 0.2) is 0 Å². The Bertz CT molecular complexity index is 322. The predicted octanol–water partition coefficient (Wildman–Crippen LogP) is 2.38. The van der Waals surface area contributed by atoms with Gasteiger partial charge in [0.05, 0.1) is 0 Å². The van der Waals surface area contributed by atoms with Crippen LogP contribution in [-0.4, -0.2) is 12.3 Å². The van der Waals surface area contributed by atoms with Crippen molar-refractivity contribution in [3.05, 3.63) is 22.4 Å². The van der Waals surface area contributed by atoms with Crippen LogP contribution in [0.15, 0.2) is 17.5 Å². The lowest BCUT2D eigenvalue weighted by Crippen LogP contribution is -2.39. The van der Waals surface area contributed by atoms with Crippen LogP contribution in [-0.2, 0) is 11.2 Å². The average Bonchev–Trinajstić information content (AvgIpc) is 2.64. The number of rotatable bonds is 5. The normalized spacial score (nSPS) is 18.5. The first-order chi connectivity index (χ1) is 7.24. The van der Waals surface area contributed by atoms with Gasteiger partial charge in [0.25, 0.3) is 0 Å². The molecule has 0 radical (unpaired) electrons. The molecule has 0 amide bonds. The average molecular weight is 223 g/mol. The maximum absolute atomic E-state index is 11.8. The Hall–Kier alpha value is -0.670. The van der Waals surface area contributed by atoms with Crippen molar-refractivity contribution < 1.29 is 4.79 Å². The van der Waals surface area contributed by atoms with E-state index in [2.05, 4.69) is 0 Å². The van der Waals surface area contributed by atoms with Crippen LogP contribution in [0.2, 0.25) is 0 Å². The van der Waals surface area contributed by atoms with E-state index in [0.29, 0.717) is 25.2 Å². The summed E-state index contributed by atoms with van der Waals surface area (Å²) in [7, 11) is 0. The molecule has 82 valence electrons. The Morgan fingerprint density at radius 3 is 2.80 bits per heavy atom. The van der Waals surface area contributed by atoms with Gasteiger partial charge in [0, 0.05) is 17.7 Å². The lowest BCUT2D eigenvalue weighted by molar-refractivity contribution is -0.121. The molecule has 2 nitrogen and oxygen atoms in total. The van der Waals surface area contributed by atoms with Crippen molar-refractivity contribution >= 4 is 17.1 Å². The second kappa shape index (κ2) is 4.45. The molecule has 1 heterocycles. The molecule has 0 aromatic carbocycles. The van der Waals surface area contributed by atoms with Crippen LogP contribution in [0.4, 0.5) is 0 Å². The van der Waals surface area contributed by atoms with E-state index in [9.17, 15) is 4.79 Å². The molecule has 0 spiro atoms. The topological polar surface area (TPSA) is 43.1 Å². The van der Waals surface area contributed by atoms with Crippen molar-refractivity contribution in [3.8, 4) is 0 Å². The van der Waals surface area contributed by atoms with Gasteiger partial charge in [-0.3, -0.25) is 4.79 Å². The first-order valence-electron chi connectivity index (χ1n) is 5.48. The maximum Gasteiger partial charge on any atom is 0.138 e. The Kier molecular flexibility index (Phi) is 3.22. The predicted molar refractivity (Wildman–Crippen MR) is 63.0 cm³/mol. The van der Waals surface area contributed by atoms with Crippen LogP contribution in [0.1, 0.15) is 30.6 Å². The first-order valence-corrected chi connectivity index (χ1v) is 6.36. The zero-order chi connectivity index (χ0) is 10.7. The molecule has 0 saturated heterocycles. The maximum atomic E-state index is 11.8. The highest BCUT2D eigenvalue weighted by molar-refractivity contribution is 7.10. The number of thiophene rings is 1. The number of hydrogen-bond donors (Lipinski definition) is 1. The Labute approximate surface area is 94.5 Å². The second-order valence-electron chi connectivity index (χ2n) is 4.53. The van der Waals surface area contributed by atoms with Gasteiger partial charge < -0.3 is 5.73 Å². The van der Waals surface area contributed by atoms with Gasteiger partial charge in [0.1, 0.15) is 5.78 Å². The monoisotopic (exact) mass is 223 g/mol. The van der Waals surface area contributed by atoms with Crippen molar-refractivity contribution in [1.29, 1.82) is 0 Å². The quantitative estimate of drug-likeness (QED) is 0.833. The molecule has 0 atom stereocenters. The zero-order valence-corrected chi connectivity index (χ0v) is 9.69. The Morgan fingerprint density at radius 2 is 2.33 bits per heavy atom. The van der Waals surface area contributed by atoms with Gasteiger partial charge in [-0.1, -0.05) is 12.5 Å². The van der Waals surface area contributed by atoms with Crippen LogP contribution in [0, 0.1) is 5.41 Å². The first kappa shape index (κ1) is 10.8. The molecule has 2 N–H and O–H groups in total. The molecule has 1 aliphatic rings. The van der Waals surface area contributed by atoms with Crippen LogP contribution in [0.5, 0.6) is 0 Å². The van der Waals surface area contributed by atoms with Gasteiger partial charge in [-0.25, -0.2) is 0 Å². The van der Waals surface area contributed by atoms with Crippen LogP contribution in [0.25, 0.3) is 0 Å². The van der Waals surface area contributed by atoms with Crippen molar-refractivity contribution in [2.24, 2.45) is 11.1 Å². The minimum Gasteiger partial charge on any atom is -0.330 e. The summed E-state index contributed by atoms with van der Waals surface area (Å²) in [5, 5.41) is 2.02. The van der Waals surface area contributed by atoms with E-state index in [1.165, 1.54) is 11.3 Å². The molecule has 1 aromatic heterocycles. The highest BCUT2D eigenvalue weighted by Gasteiger charge is 2.37. The Balaban J connectivity index is 1.87. The molecule has 0 unspecified atom stereocenters. The summed E-state index contributed by atoms with van der Waals surface area (Å²) in [5.41, 5.74) is 5.90. The van der Waals surface area contributed by atoms with Gasteiger partial charge in [-0.2, -0.15) is 0 Å². The minimum atomic E-state index is 0.161. The molecule has 1 aromatic rings. The summed E-state index contributed by atoms with van der Waals surface area (Å²) >= 11 is 1.66. The highest BCUT2D eigenvalue weighted by atomic mass is 32.1. The number of carbonyl (C=O) groups is 1. The Morgan fingerprint density at radius 1 is 1.53 bits per heavy atom. The van der Waals surface area contributed by atoms with E-state index in [1.54, 1.807) is 11.3 Å². The summed E-state index contributed by atoms with van der Waals surface area (Å²) in [6.45, 7) is 0.670. The van der Waals surface area contributed by atoms with Gasteiger partial charge in [-0.05, 0) is 36.2 Å². The lowest BCUT2D eigenvalue weighted by atomic mass is 9.66. The molecule has 15 heavy (non-hydrogen) atoms. The molecule has 1 fully saturated rings. The summed E-state index contributed by atoms with van der Waals surface area (Å²) in [5.74, 6) is 0.350. The highest BCUT2D eigenvalue weighted by Crippen LogP contribution is 2.43. The van der Waals surface area contributed by atoms with Crippen LogP contribution >= 0.6 is 11.3 Å². The summed E-state index contributed by atoms with van der Waals surface area (Å²) in [6, 6.07) is 4.02. The molecule has 0 aliphatic heterocycles. The molecule has 2 rings (SSSR count). The third-order valence-corrected chi connectivity index (χ3v) is 4.25. The fraction of sp³-hybridized carbons (Fsp3) is 0.583. The number of nitrogens with two attached hydrogens (primary N) is 1. The van der Waals surface area contributed by atoms with Crippen molar-refractivity contribution in [1.82, 2.24) is 0 Å². The van der Waals surface area contributed by atoms with Gasteiger partial charge in [0.2, 0.25) is 0 Å². The molecular weight excluding hydrogens is 206 g/mol. The summed E-state index contributed by atoms with van der Waals surface area (Å²) < 4.78 is 0. The molecular formula is C12H17NOS. The smallest absolute Gasteiger partial charge is 0.138 e. The minimum absolute atomic E-state index is 0.161. The van der Waals surface area contributed by atoms with Gasteiger partial charge >= 0.3 is 0 Å². The van der Waals surface area contributed by atoms with Crippen molar-refractivity contribution in [3.63, 3.8) is 0 Å². The number of ketones is 1.